The van der Waals surface area contributed by atoms with Gasteiger partial charge in [-0.15, -0.1) is 0 Å². The van der Waals surface area contributed by atoms with Crippen molar-refractivity contribution in [3.8, 4) is 0 Å². The molecule has 2 rings (SSSR count). The van der Waals surface area contributed by atoms with Crippen molar-refractivity contribution >= 4 is 5.69 Å². The van der Waals surface area contributed by atoms with Crippen LogP contribution in [-0.2, 0) is 0 Å². The molecule has 1 heterocycles. The summed E-state index contributed by atoms with van der Waals surface area (Å²) < 4.78 is 0. The predicted octanol–water partition coefficient (Wildman–Crippen LogP) is 2.03. The van der Waals surface area contributed by atoms with E-state index in [4.69, 9.17) is 5.73 Å². The number of nitrogen functional groups attached to an aromatic ring is 1. The Morgan fingerprint density at radius 3 is 2.47 bits per heavy atom. The minimum atomic E-state index is -0.196. The van der Waals surface area contributed by atoms with E-state index in [1.165, 1.54) is 5.56 Å². The number of nitrogens with two attached hydrogens (primary N) is 1. The van der Waals surface area contributed by atoms with Gasteiger partial charge in [-0.25, -0.2) is 0 Å². The fourth-order valence-electron chi connectivity index (χ4n) is 2.55. The zero-order valence-electron chi connectivity index (χ0n) is 10.6. The Kier molecular flexibility index (Phi) is 3.69. The van der Waals surface area contributed by atoms with Crippen molar-refractivity contribution < 1.29 is 5.11 Å². The molecule has 1 aliphatic rings. The molecule has 3 N–H and O–H groups in total. The molecular weight excluding hydrogens is 212 g/mol. The van der Waals surface area contributed by atoms with Crippen LogP contribution in [0.3, 0.4) is 0 Å². The van der Waals surface area contributed by atoms with Crippen LogP contribution in [0.15, 0.2) is 24.3 Å². The third kappa shape index (κ3) is 2.79. The maximum absolute atomic E-state index is 9.62. The molecule has 3 unspecified atom stereocenters. The standard InChI is InChI=1S/C14H22N2O/c1-10(12-3-5-14(15)6-4-12)16-8-7-13(9-16)11(2)17/h3-6,10-11,13,17H,7-9,15H2,1-2H3. The summed E-state index contributed by atoms with van der Waals surface area (Å²) in [6.45, 7) is 6.17. The van der Waals surface area contributed by atoms with E-state index < -0.39 is 0 Å². The molecule has 1 fully saturated rings. The van der Waals surface area contributed by atoms with Crippen LogP contribution >= 0.6 is 0 Å². The smallest absolute Gasteiger partial charge is 0.0552 e. The van der Waals surface area contributed by atoms with Gasteiger partial charge < -0.3 is 10.8 Å². The molecule has 3 nitrogen and oxygen atoms in total. The molecule has 0 spiro atoms. The summed E-state index contributed by atoms with van der Waals surface area (Å²) >= 11 is 0. The molecule has 0 amide bonds. The first kappa shape index (κ1) is 12.4. The molecule has 0 aliphatic carbocycles. The Morgan fingerprint density at radius 1 is 1.29 bits per heavy atom. The van der Waals surface area contributed by atoms with Crippen LogP contribution in [0.2, 0.25) is 0 Å². The average Bonchev–Trinajstić information content (AvgIpc) is 2.78. The van der Waals surface area contributed by atoms with Crippen LogP contribution in [0.1, 0.15) is 31.9 Å². The van der Waals surface area contributed by atoms with Crippen LogP contribution in [0.5, 0.6) is 0 Å². The summed E-state index contributed by atoms with van der Waals surface area (Å²) in [5, 5.41) is 9.62. The topological polar surface area (TPSA) is 49.5 Å². The molecule has 3 heteroatoms. The zero-order chi connectivity index (χ0) is 12.4. The second-order valence-electron chi connectivity index (χ2n) is 5.13. The third-order valence-electron chi connectivity index (χ3n) is 3.90. The number of nitrogens with zero attached hydrogens (tertiary/aromatic N) is 1. The lowest BCUT2D eigenvalue weighted by Gasteiger charge is -2.25. The van der Waals surface area contributed by atoms with E-state index in [1.54, 1.807) is 0 Å². The lowest BCUT2D eigenvalue weighted by molar-refractivity contribution is 0.123. The minimum Gasteiger partial charge on any atom is -0.399 e. The van der Waals surface area contributed by atoms with Gasteiger partial charge in [0.05, 0.1) is 6.10 Å². The number of aliphatic hydroxyl groups excluding tert-OH is 1. The summed E-state index contributed by atoms with van der Waals surface area (Å²) in [5.41, 5.74) is 7.80. The van der Waals surface area contributed by atoms with Gasteiger partial charge in [-0.3, -0.25) is 4.90 Å². The lowest BCUT2D eigenvalue weighted by Crippen LogP contribution is -2.27. The second kappa shape index (κ2) is 5.07. The average molecular weight is 234 g/mol. The van der Waals surface area contributed by atoms with Crippen molar-refractivity contribution in [1.82, 2.24) is 4.90 Å². The number of anilines is 1. The monoisotopic (exact) mass is 234 g/mol. The Balaban J connectivity index is 2.01. The minimum absolute atomic E-state index is 0.196. The predicted molar refractivity (Wildman–Crippen MR) is 70.6 cm³/mol. The zero-order valence-corrected chi connectivity index (χ0v) is 10.6. The Hall–Kier alpha value is -1.06. The van der Waals surface area contributed by atoms with Gasteiger partial charge in [0.15, 0.2) is 0 Å². The number of rotatable bonds is 3. The highest BCUT2D eigenvalue weighted by Gasteiger charge is 2.29. The maximum Gasteiger partial charge on any atom is 0.0552 e. The number of aliphatic hydroxyl groups is 1. The van der Waals surface area contributed by atoms with Crippen LogP contribution in [0, 0.1) is 5.92 Å². The fraction of sp³-hybridized carbons (Fsp3) is 0.571. The van der Waals surface area contributed by atoms with Crippen LogP contribution in [0.25, 0.3) is 0 Å². The fourth-order valence-corrected chi connectivity index (χ4v) is 2.55. The highest BCUT2D eigenvalue weighted by Crippen LogP contribution is 2.29. The van der Waals surface area contributed by atoms with Gasteiger partial charge in [-0.1, -0.05) is 12.1 Å². The van der Waals surface area contributed by atoms with Crippen LogP contribution < -0.4 is 5.73 Å². The molecule has 1 aromatic carbocycles. The molecule has 0 saturated carbocycles. The Morgan fingerprint density at radius 2 is 1.94 bits per heavy atom. The van der Waals surface area contributed by atoms with E-state index in [-0.39, 0.29) is 6.10 Å². The van der Waals surface area contributed by atoms with Gasteiger partial charge in [-0.05, 0) is 50.4 Å². The first-order valence-electron chi connectivity index (χ1n) is 6.35. The molecule has 1 aliphatic heterocycles. The van der Waals surface area contributed by atoms with Crippen molar-refractivity contribution in [1.29, 1.82) is 0 Å². The van der Waals surface area contributed by atoms with Crippen molar-refractivity contribution in [2.24, 2.45) is 5.92 Å². The first-order valence-corrected chi connectivity index (χ1v) is 6.35. The molecule has 3 atom stereocenters. The van der Waals surface area contributed by atoms with Crippen LogP contribution in [-0.4, -0.2) is 29.2 Å². The summed E-state index contributed by atoms with van der Waals surface area (Å²) in [5.74, 6) is 0.422. The van der Waals surface area contributed by atoms with Gasteiger partial charge in [0.2, 0.25) is 0 Å². The van der Waals surface area contributed by atoms with Gasteiger partial charge in [0, 0.05) is 18.3 Å². The second-order valence-corrected chi connectivity index (χ2v) is 5.13. The molecule has 17 heavy (non-hydrogen) atoms. The van der Waals surface area contributed by atoms with E-state index in [2.05, 4.69) is 24.0 Å². The van der Waals surface area contributed by atoms with Crippen molar-refractivity contribution in [3.63, 3.8) is 0 Å². The van der Waals surface area contributed by atoms with E-state index in [1.807, 2.05) is 19.1 Å². The van der Waals surface area contributed by atoms with Crippen molar-refractivity contribution in [2.45, 2.75) is 32.4 Å². The SMILES string of the molecule is CC(O)C1CCN(C(C)c2ccc(N)cc2)C1. The molecule has 1 saturated heterocycles. The largest absolute Gasteiger partial charge is 0.399 e. The van der Waals surface area contributed by atoms with Gasteiger partial charge in [0.1, 0.15) is 0 Å². The molecular formula is C14H22N2O. The normalized spacial score (nSPS) is 24.8. The summed E-state index contributed by atoms with van der Waals surface area (Å²) in [6.07, 6.45) is 0.899. The van der Waals surface area contributed by atoms with E-state index in [0.717, 1.165) is 25.2 Å². The van der Waals surface area contributed by atoms with Gasteiger partial charge >= 0.3 is 0 Å². The van der Waals surface area contributed by atoms with E-state index in [0.29, 0.717) is 12.0 Å². The van der Waals surface area contributed by atoms with Gasteiger partial charge in [0.25, 0.3) is 0 Å². The van der Waals surface area contributed by atoms with Crippen LogP contribution in [0.4, 0.5) is 5.69 Å². The third-order valence-corrected chi connectivity index (χ3v) is 3.90. The summed E-state index contributed by atoms with van der Waals surface area (Å²) in [4.78, 5) is 2.43. The molecule has 0 aromatic heterocycles. The number of likely N-dealkylation sites (tertiary alicyclic amines) is 1. The van der Waals surface area contributed by atoms with Crippen molar-refractivity contribution in [3.05, 3.63) is 29.8 Å². The molecule has 1 aromatic rings. The first-order chi connectivity index (χ1) is 8.08. The molecule has 0 bridgehead atoms. The summed E-state index contributed by atoms with van der Waals surface area (Å²) in [6, 6.07) is 8.49. The van der Waals surface area contributed by atoms with E-state index in [9.17, 15) is 5.11 Å². The lowest BCUT2D eigenvalue weighted by atomic mass is 10.0. The maximum atomic E-state index is 9.62. The molecule has 0 radical (unpaired) electrons. The Labute approximate surface area is 103 Å². The quantitative estimate of drug-likeness (QED) is 0.787. The van der Waals surface area contributed by atoms with E-state index >= 15 is 0 Å². The summed E-state index contributed by atoms with van der Waals surface area (Å²) in [7, 11) is 0. The number of benzene rings is 1. The van der Waals surface area contributed by atoms with Gasteiger partial charge in [-0.2, -0.15) is 0 Å². The van der Waals surface area contributed by atoms with Crippen molar-refractivity contribution in [2.75, 3.05) is 18.8 Å². The number of hydrogen-bond acceptors (Lipinski definition) is 3. The highest BCUT2D eigenvalue weighted by atomic mass is 16.3. The Bertz CT molecular complexity index is 361. The molecule has 94 valence electrons. The number of hydrogen-bond donors (Lipinski definition) is 2. The highest BCUT2D eigenvalue weighted by molar-refractivity contribution is 5.40.